The average Bonchev–Trinajstić information content (AvgIpc) is 3.79. The van der Waals surface area contributed by atoms with E-state index in [0.29, 0.717) is 45.6 Å². The summed E-state index contributed by atoms with van der Waals surface area (Å²) in [6.45, 7) is 8.58. The molecule has 0 saturated carbocycles. The molecule has 0 amide bonds. The molecule has 0 fully saturated rings. The number of hydrogen-bond donors (Lipinski definition) is 0. The van der Waals surface area contributed by atoms with Crippen LogP contribution in [-0.4, -0.2) is 31.0 Å². The predicted molar refractivity (Wildman–Crippen MR) is 227 cm³/mol. The first-order valence-corrected chi connectivity index (χ1v) is 22.5. The van der Waals surface area contributed by atoms with E-state index in [9.17, 15) is 0 Å². The molecule has 0 unspecified atom stereocenters. The van der Waals surface area contributed by atoms with Crippen molar-refractivity contribution in [2.45, 2.75) is 148 Å². The van der Waals surface area contributed by atoms with Gasteiger partial charge >= 0.3 is 17.8 Å². The maximum Gasteiger partial charge on any atom is 0.380 e. The van der Waals surface area contributed by atoms with Gasteiger partial charge in [-0.3, -0.25) is 0 Å². The highest BCUT2D eigenvalue weighted by Crippen LogP contribution is 2.66. The lowest BCUT2D eigenvalue weighted by Crippen LogP contribution is -2.48. The molecule has 0 radical (unpaired) electrons. The van der Waals surface area contributed by atoms with Crippen molar-refractivity contribution in [3.05, 3.63) is 81.5 Å². The highest BCUT2D eigenvalue weighted by Gasteiger charge is 2.80. The second-order valence-electron chi connectivity index (χ2n) is 15.3. The van der Waals surface area contributed by atoms with Gasteiger partial charge in [0, 0.05) is 30.7 Å². The molecular weight excluding hydrogens is 775 g/mol. The minimum atomic E-state index is -5.63. The number of halogens is 6. The van der Waals surface area contributed by atoms with Crippen molar-refractivity contribution in [3.8, 4) is 32.4 Å². The summed E-state index contributed by atoms with van der Waals surface area (Å²) in [5.74, 6) is -14.6. The Morgan fingerprint density at radius 3 is 1.11 bits per heavy atom. The molecule has 2 aromatic heterocycles. The van der Waals surface area contributed by atoms with Crippen molar-refractivity contribution in [1.82, 2.24) is 0 Å². The Balaban J connectivity index is 1.30. The normalized spacial score (nSPS) is 15.8. The molecule has 0 bridgehead atoms. The molecule has 4 aromatic rings. The molecule has 0 N–H and O–H groups in total. The van der Waals surface area contributed by atoms with Gasteiger partial charge in [0.05, 0.1) is 13.2 Å². The molecule has 0 aliphatic heterocycles. The van der Waals surface area contributed by atoms with Gasteiger partial charge in [0.25, 0.3) is 0 Å². The van der Waals surface area contributed by atoms with Crippen LogP contribution >= 0.6 is 22.7 Å². The van der Waals surface area contributed by atoms with Crippen LogP contribution in [0.2, 0.25) is 0 Å². The Kier molecular flexibility index (Phi) is 16.2. The van der Waals surface area contributed by atoms with Crippen LogP contribution in [0.15, 0.2) is 60.7 Å². The molecule has 1 aliphatic carbocycles. The van der Waals surface area contributed by atoms with Crippen molar-refractivity contribution < 1.29 is 35.8 Å². The van der Waals surface area contributed by atoms with Gasteiger partial charge in [0.15, 0.2) is 0 Å². The number of allylic oxidation sites excluding steroid dienone is 2. The van der Waals surface area contributed by atoms with E-state index in [-0.39, 0.29) is 20.9 Å². The molecule has 57 heavy (non-hydrogen) atoms. The summed E-state index contributed by atoms with van der Waals surface area (Å²) in [5, 5.41) is 0. The summed E-state index contributed by atoms with van der Waals surface area (Å²) in [4.78, 5) is 1.50. The topological polar surface area (TPSA) is 18.5 Å². The Bertz CT molecular complexity index is 1740. The fourth-order valence-electron chi connectivity index (χ4n) is 7.46. The van der Waals surface area contributed by atoms with Crippen molar-refractivity contribution in [3.63, 3.8) is 0 Å². The van der Waals surface area contributed by atoms with Crippen LogP contribution in [0.1, 0.15) is 137 Å². The van der Waals surface area contributed by atoms with Crippen LogP contribution in [0.4, 0.5) is 26.3 Å². The monoisotopic (exact) mass is 832 g/mol. The Labute approximate surface area is 343 Å². The SMILES string of the molecule is CCCCCCCCCCOc1ccc(-c2cc(C3=C(c4cc(-c5ccc(OCCCCCCCCCC)cc5)sc4C)C(F)(F)C(F)(F)C3(F)F)c(C)s2)cc1. The number of alkyl halides is 6. The van der Waals surface area contributed by atoms with Crippen LogP contribution in [0, 0.1) is 13.8 Å². The van der Waals surface area contributed by atoms with E-state index in [0.717, 1.165) is 48.4 Å². The Hall–Kier alpha value is -3.24. The summed E-state index contributed by atoms with van der Waals surface area (Å²) in [5.41, 5.74) is -1.94. The highest BCUT2D eigenvalue weighted by atomic mass is 32.1. The lowest BCUT2D eigenvalue weighted by Gasteiger charge is -2.25. The van der Waals surface area contributed by atoms with Gasteiger partial charge in [-0.05, 0) is 110 Å². The van der Waals surface area contributed by atoms with Crippen molar-refractivity contribution in [2.75, 3.05) is 13.2 Å². The maximum absolute atomic E-state index is 15.8. The summed E-state index contributed by atoms with van der Waals surface area (Å²) in [6.07, 6.45) is 19.0. The summed E-state index contributed by atoms with van der Waals surface area (Å²) >= 11 is 2.21. The van der Waals surface area contributed by atoms with E-state index in [1.165, 1.54) is 103 Å². The zero-order valence-corrected chi connectivity index (χ0v) is 35.5. The van der Waals surface area contributed by atoms with E-state index in [2.05, 4.69) is 13.8 Å². The third-order valence-corrected chi connectivity index (χ3v) is 13.1. The largest absolute Gasteiger partial charge is 0.494 e. The first-order chi connectivity index (χ1) is 27.3. The smallest absolute Gasteiger partial charge is 0.380 e. The number of hydrogen-bond acceptors (Lipinski definition) is 4. The summed E-state index contributed by atoms with van der Waals surface area (Å²) < 4.78 is 106. The molecule has 10 heteroatoms. The molecule has 312 valence electrons. The van der Waals surface area contributed by atoms with Crippen LogP contribution < -0.4 is 9.47 Å². The van der Waals surface area contributed by atoms with Crippen molar-refractivity contribution in [1.29, 1.82) is 0 Å². The summed E-state index contributed by atoms with van der Waals surface area (Å²) in [6, 6.07) is 16.9. The molecule has 1 aliphatic rings. The zero-order valence-electron chi connectivity index (χ0n) is 33.9. The predicted octanol–water partition coefficient (Wildman–Crippen LogP) is 16.6. The fraction of sp³-hybridized carbons (Fsp3) is 0.532. The second-order valence-corrected chi connectivity index (χ2v) is 17.8. The van der Waals surface area contributed by atoms with Crippen LogP contribution in [0.25, 0.3) is 32.0 Å². The number of unbranched alkanes of at least 4 members (excludes halogenated alkanes) is 14. The number of ether oxygens (including phenoxy) is 2. The lowest BCUT2D eigenvalue weighted by atomic mass is 9.94. The van der Waals surface area contributed by atoms with Gasteiger partial charge in [-0.25, -0.2) is 0 Å². The van der Waals surface area contributed by atoms with E-state index in [4.69, 9.17) is 9.47 Å². The minimum absolute atomic E-state index is 0.247. The van der Waals surface area contributed by atoms with Gasteiger partial charge < -0.3 is 9.47 Å². The fourth-order valence-corrected chi connectivity index (χ4v) is 9.52. The number of rotatable bonds is 24. The third kappa shape index (κ3) is 10.7. The van der Waals surface area contributed by atoms with Gasteiger partial charge in [-0.15, -0.1) is 22.7 Å². The zero-order chi connectivity index (χ0) is 41.1. The molecule has 2 heterocycles. The van der Waals surface area contributed by atoms with E-state index >= 15 is 26.3 Å². The highest BCUT2D eigenvalue weighted by molar-refractivity contribution is 7.16. The van der Waals surface area contributed by atoms with E-state index < -0.39 is 28.9 Å². The van der Waals surface area contributed by atoms with Crippen LogP contribution in [0.3, 0.4) is 0 Å². The Morgan fingerprint density at radius 2 is 0.772 bits per heavy atom. The molecule has 2 aromatic carbocycles. The molecule has 5 rings (SSSR count). The summed E-state index contributed by atoms with van der Waals surface area (Å²) in [7, 11) is 0. The van der Waals surface area contributed by atoms with Crippen molar-refractivity contribution >= 4 is 33.8 Å². The number of thiophene rings is 2. The first kappa shape index (κ1) is 44.9. The van der Waals surface area contributed by atoms with E-state index in [1.807, 2.05) is 0 Å². The van der Waals surface area contributed by atoms with Gasteiger partial charge in [-0.1, -0.05) is 104 Å². The van der Waals surface area contributed by atoms with Crippen molar-refractivity contribution in [2.24, 2.45) is 0 Å². The van der Waals surface area contributed by atoms with Crippen LogP contribution in [-0.2, 0) is 0 Å². The third-order valence-electron chi connectivity index (χ3n) is 10.9. The maximum atomic E-state index is 15.8. The molecule has 0 atom stereocenters. The quantitative estimate of drug-likeness (QED) is 0.0517. The van der Waals surface area contributed by atoms with Gasteiger partial charge in [-0.2, -0.15) is 26.3 Å². The minimum Gasteiger partial charge on any atom is -0.494 e. The number of aryl methyl sites for hydroxylation is 2. The molecular formula is C47H58F6O2S2. The standard InChI is InChI=1S/C47H58F6O2S2/c1-5-7-9-11-13-15-17-19-29-54-37-25-21-35(22-26-37)41-31-39(33(3)56-41)43-44(46(50,51)47(52,53)45(43,48)49)40-32-42(57-34(40)4)36-23-27-38(28-24-36)55-30-20-18-16-14-12-10-8-6-2/h21-28,31-32H,5-20,29-30H2,1-4H3. The second kappa shape index (κ2) is 20.6. The molecule has 0 spiro atoms. The van der Waals surface area contributed by atoms with E-state index in [1.54, 1.807) is 48.5 Å². The average molecular weight is 833 g/mol. The lowest BCUT2D eigenvalue weighted by molar-refractivity contribution is -0.254. The Morgan fingerprint density at radius 1 is 0.456 bits per heavy atom. The first-order valence-electron chi connectivity index (χ1n) is 20.9. The number of benzene rings is 2. The molecule has 2 nitrogen and oxygen atoms in total. The van der Waals surface area contributed by atoms with Gasteiger partial charge in [0.1, 0.15) is 11.5 Å². The molecule has 0 saturated heterocycles. The van der Waals surface area contributed by atoms with Crippen LogP contribution in [0.5, 0.6) is 11.5 Å². The van der Waals surface area contributed by atoms with Gasteiger partial charge in [0.2, 0.25) is 0 Å².